The van der Waals surface area contributed by atoms with E-state index in [1.54, 1.807) is 13.3 Å². The van der Waals surface area contributed by atoms with Crippen LogP contribution in [0.3, 0.4) is 0 Å². The quantitative estimate of drug-likeness (QED) is 0.775. The van der Waals surface area contributed by atoms with Crippen molar-refractivity contribution < 1.29 is 24.5 Å². The summed E-state index contributed by atoms with van der Waals surface area (Å²) in [5.41, 5.74) is 1.52. The number of carboxylic acid groups (broad SMARTS) is 2. The van der Waals surface area contributed by atoms with Crippen molar-refractivity contribution in [2.24, 2.45) is 5.92 Å². The maximum atomic E-state index is 11.9. The Kier molecular flexibility index (Phi) is 4.44. The number of nitrogens with zero attached hydrogens (tertiary/aromatic N) is 1. The molecule has 0 bridgehead atoms. The molecule has 7 heteroatoms. The summed E-state index contributed by atoms with van der Waals surface area (Å²) in [6, 6.07) is 4.69. The standard InChI is InChI=1S/C17H20N2O5/c1-24-11-2-3-14-12(8-11)13(9-18-14)15(17(22)23)19-6-4-10(5-7-19)16(20)21/h2-3,8-10,15,18H,4-7H2,1H3,(H,20,21)(H,22,23). The zero-order valence-electron chi connectivity index (χ0n) is 13.4. The molecule has 1 saturated heterocycles. The third-order valence-electron chi connectivity index (χ3n) is 4.69. The third-order valence-corrected chi connectivity index (χ3v) is 4.69. The Balaban J connectivity index is 1.92. The number of hydrogen-bond donors (Lipinski definition) is 3. The molecule has 1 aromatic carbocycles. The van der Waals surface area contributed by atoms with E-state index in [0.29, 0.717) is 37.2 Å². The Morgan fingerprint density at radius 3 is 2.58 bits per heavy atom. The zero-order chi connectivity index (χ0) is 17.3. The fourth-order valence-corrected chi connectivity index (χ4v) is 3.37. The highest BCUT2D eigenvalue weighted by Gasteiger charge is 2.34. The minimum Gasteiger partial charge on any atom is -0.497 e. The maximum Gasteiger partial charge on any atom is 0.325 e. The summed E-state index contributed by atoms with van der Waals surface area (Å²) >= 11 is 0. The van der Waals surface area contributed by atoms with Gasteiger partial charge in [0.25, 0.3) is 0 Å². The van der Waals surface area contributed by atoms with Crippen LogP contribution < -0.4 is 4.74 Å². The van der Waals surface area contributed by atoms with Crippen LogP contribution in [0, 0.1) is 5.92 Å². The van der Waals surface area contributed by atoms with Gasteiger partial charge in [-0.1, -0.05) is 0 Å². The largest absolute Gasteiger partial charge is 0.497 e. The first-order chi connectivity index (χ1) is 11.5. The molecule has 3 rings (SSSR count). The molecule has 2 aromatic rings. The zero-order valence-corrected chi connectivity index (χ0v) is 13.4. The number of carbonyl (C=O) groups is 2. The first-order valence-corrected chi connectivity index (χ1v) is 7.86. The normalized spacial score (nSPS) is 17.7. The molecule has 0 amide bonds. The van der Waals surface area contributed by atoms with Crippen molar-refractivity contribution in [1.29, 1.82) is 0 Å². The molecule has 1 fully saturated rings. The van der Waals surface area contributed by atoms with Gasteiger partial charge in [0.05, 0.1) is 13.0 Å². The van der Waals surface area contributed by atoms with Crippen LogP contribution in [-0.4, -0.2) is 52.2 Å². The molecule has 3 N–H and O–H groups in total. The van der Waals surface area contributed by atoms with Crippen LogP contribution in [0.1, 0.15) is 24.4 Å². The van der Waals surface area contributed by atoms with Crippen LogP contribution in [0.2, 0.25) is 0 Å². The number of H-pyrrole nitrogens is 1. The molecular weight excluding hydrogens is 312 g/mol. The number of aromatic nitrogens is 1. The lowest BCUT2D eigenvalue weighted by Gasteiger charge is -2.34. The fraction of sp³-hybridized carbons (Fsp3) is 0.412. The first kappa shape index (κ1) is 16.3. The van der Waals surface area contributed by atoms with E-state index in [1.807, 2.05) is 23.1 Å². The second-order valence-corrected chi connectivity index (χ2v) is 6.04. The van der Waals surface area contributed by atoms with Crippen LogP contribution in [0.25, 0.3) is 10.9 Å². The molecule has 0 saturated carbocycles. The summed E-state index contributed by atoms with van der Waals surface area (Å²) in [5.74, 6) is -1.47. The highest BCUT2D eigenvalue weighted by atomic mass is 16.5. The summed E-state index contributed by atoms with van der Waals surface area (Å²) in [6.07, 6.45) is 2.64. The van der Waals surface area contributed by atoms with Gasteiger partial charge in [-0.15, -0.1) is 0 Å². The van der Waals surface area contributed by atoms with Gasteiger partial charge < -0.3 is 19.9 Å². The van der Waals surface area contributed by atoms with Gasteiger partial charge in [0.2, 0.25) is 0 Å². The Morgan fingerprint density at radius 1 is 1.29 bits per heavy atom. The van der Waals surface area contributed by atoms with Gasteiger partial charge in [-0.05, 0) is 31.0 Å². The second-order valence-electron chi connectivity index (χ2n) is 6.04. The lowest BCUT2D eigenvalue weighted by atomic mass is 9.94. The van der Waals surface area contributed by atoms with Gasteiger partial charge in [-0.3, -0.25) is 14.5 Å². The average molecular weight is 332 g/mol. The number of hydrogen-bond acceptors (Lipinski definition) is 4. The monoisotopic (exact) mass is 332 g/mol. The number of benzene rings is 1. The van der Waals surface area contributed by atoms with Crippen molar-refractivity contribution in [3.05, 3.63) is 30.0 Å². The molecule has 2 heterocycles. The van der Waals surface area contributed by atoms with E-state index in [-0.39, 0.29) is 0 Å². The number of likely N-dealkylation sites (tertiary alicyclic amines) is 1. The Bertz CT molecular complexity index is 761. The van der Waals surface area contributed by atoms with E-state index in [2.05, 4.69) is 4.98 Å². The topological polar surface area (TPSA) is 103 Å². The molecule has 1 atom stereocenters. The summed E-state index contributed by atoms with van der Waals surface area (Å²) < 4.78 is 5.23. The van der Waals surface area contributed by atoms with Gasteiger partial charge in [-0.25, -0.2) is 0 Å². The molecule has 1 aliphatic heterocycles. The van der Waals surface area contributed by atoms with Crippen molar-refractivity contribution in [1.82, 2.24) is 9.88 Å². The van der Waals surface area contributed by atoms with Crippen LogP contribution in [0.15, 0.2) is 24.4 Å². The van der Waals surface area contributed by atoms with Crippen LogP contribution >= 0.6 is 0 Å². The Morgan fingerprint density at radius 2 is 2.00 bits per heavy atom. The SMILES string of the molecule is COc1ccc2[nH]cc(C(C(=O)O)N3CCC(C(=O)O)CC3)c2c1. The minimum atomic E-state index is -0.938. The van der Waals surface area contributed by atoms with E-state index in [1.165, 1.54) is 0 Å². The van der Waals surface area contributed by atoms with Crippen molar-refractivity contribution in [2.75, 3.05) is 20.2 Å². The molecule has 0 spiro atoms. The molecule has 7 nitrogen and oxygen atoms in total. The average Bonchev–Trinajstić information content (AvgIpc) is 2.98. The van der Waals surface area contributed by atoms with Crippen molar-refractivity contribution in [2.45, 2.75) is 18.9 Å². The summed E-state index contributed by atoms with van der Waals surface area (Å²) in [6.45, 7) is 0.898. The van der Waals surface area contributed by atoms with E-state index in [4.69, 9.17) is 9.84 Å². The Labute approximate surface area is 138 Å². The molecule has 24 heavy (non-hydrogen) atoms. The van der Waals surface area contributed by atoms with E-state index in [0.717, 1.165) is 10.9 Å². The lowest BCUT2D eigenvalue weighted by Crippen LogP contribution is -2.41. The summed E-state index contributed by atoms with van der Waals surface area (Å²) in [4.78, 5) is 27.9. The van der Waals surface area contributed by atoms with Gasteiger partial charge in [0.1, 0.15) is 11.8 Å². The smallest absolute Gasteiger partial charge is 0.325 e. The van der Waals surface area contributed by atoms with Gasteiger partial charge in [-0.2, -0.15) is 0 Å². The van der Waals surface area contributed by atoms with Gasteiger partial charge in [0.15, 0.2) is 0 Å². The van der Waals surface area contributed by atoms with Crippen LogP contribution in [0.4, 0.5) is 0 Å². The number of aliphatic carboxylic acids is 2. The minimum absolute atomic E-state index is 0.390. The number of methoxy groups -OCH3 is 1. The highest BCUT2D eigenvalue weighted by molar-refractivity contribution is 5.90. The molecule has 0 radical (unpaired) electrons. The van der Waals surface area contributed by atoms with E-state index in [9.17, 15) is 14.7 Å². The highest BCUT2D eigenvalue weighted by Crippen LogP contribution is 2.33. The second kappa shape index (κ2) is 6.52. The van der Waals surface area contributed by atoms with Crippen LogP contribution in [0.5, 0.6) is 5.75 Å². The number of aromatic amines is 1. The van der Waals surface area contributed by atoms with E-state index >= 15 is 0 Å². The number of carboxylic acids is 2. The summed E-state index contributed by atoms with van der Waals surface area (Å²) in [7, 11) is 1.57. The van der Waals surface area contributed by atoms with Crippen molar-refractivity contribution in [3.63, 3.8) is 0 Å². The molecule has 1 aliphatic rings. The predicted molar refractivity (Wildman–Crippen MR) is 87.2 cm³/mol. The van der Waals surface area contributed by atoms with Gasteiger partial charge >= 0.3 is 11.9 Å². The molecule has 0 aliphatic carbocycles. The lowest BCUT2D eigenvalue weighted by molar-refractivity contribution is -0.146. The molecule has 128 valence electrons. The number of piperidine rings is 1. The van der Waals surface area contributed by atoms with Crippen molar-refractivity contribution in [3.8, 4) is 5.75 Å². The van der Waals surface area contributed by atoms with Crippen LogP contribution in [-0.2, 0) is 9.59 Å². The molecule has 1 unspecified atom stereocenters. The van der Waals surface area contributed by atoms with Crippen molar-refractivity contribution >= 4 is 22.8 Å². The maximum absolute atomic E-state index is 11.9. The van der Waals surface area contributed by atoms with E-state index < -0.39 is 23.9 Å². The number of ether oxygens (including phenoxy) is 1. The number of rotatable bonds is 5. The predicted octanol–water partition coefficient (Wildman–Crippen LogP) is 2.10. The molecular formula is C17H20N2O5. The summed E-state index contributed by atoms with van der Waals surface area (Å²) in [5, 5.41) is 19.7. The fourth-order valence-electron chi connectivity index (χ4n) is 3.37. The number of nitrogens with one attached hydrogen (secondary N) is 1. The van der Waals surface area contributed by atoms with Gasteiger partial charge in [0, 0.05) is 35.8 Å². The number of fused-ring (bicyclic) bond motifs is 1. The first-order valence-electron chi connectivity index (χ1n) is 7.86. The Hall–Kier alpha value is -2.54. The third kappa shape index (κ3) is 2.94. The molecule has 1 aromatic heterocycles.